The van der Waals surface area contributed by atoms with E-state index in [1.807, 2.05) is 18.2 Å². The fourth-order valence-corrected chi connectivity index (χ4v) is 2.63. The van der Waals surface area contributed by atoms with Crippen LogP contribution in [0.15, 0.2) is 30.6 Å². The molecule has 0 aliphatic rings. The Labute approximate surface area is 131 Å². The second-order valence-electron chi connectivity index (χ2n) is 6.35. The molecule has 0 aromatic carbocycles. The van der Waals surface area contributed by atoms with Crippen LogP contribution >= 0.6 is 0 Å². The molecule has 0 atom stereocenters. The van der Waals surface area contributed by atoms with Crippen molar-refractivity contribution < 1.29 is 9.53 Å². The Kier molecular flexibility index (Phi) is 5.10. The van der Waals surface area contributed by atoms with Crippen molar-refractivity contribution in [3.63, 3.8) is 0 Å². The van der Waals surface area contributed by atoms with Gasteiger partial charge < -0.3 is 15.0 Å². The van der Waals surface area contributed by atoms with E-state index in [1.165, 1.54) is 0 Å². The fraction of sp³-hybridized carbons (Fsp3) is 0.400. The van der Waals surface area contributed by atoms with Gasteiger partial charge in [0.2, 0.25) is 0 Å². The van der Waals surface area contributed by atoms with Crippen LogP contribution in [0.1, 0.15) is 10.5 Å². The molecule has 6 nitrogen and oxygen atoms in total. The summed E-state index contributed by atoms with van der Waals surface area (Å²) in [5.41, 5.74) is 6.22. The minimum absolute atomic E-state index is 0.217. The quantitative estimate of drug-likeness (QED) is 0.627. The Morgan fingerprint density at radius 3 is 2.73 bits per heavy atom. The van der Waals surface area contributed by atoms with Crippen molar-refractivity contribution >= 4 is 14.0 Å². The largest absolute Gasteiger partial charge is 0.364 e. The molecular formula is C15H22N4O2Si. The minimum Gasteiger partial charge on any atom is -0.364 e. The number of primary amides is 1. The maximum atomic E-state index is 11.3. The van der Waals surface area contributed by atoms with Crippen molar-refractivity contribution in [2.75, 3.05) is 6.61 Å². The Hall–Kier alpha value is -1.99. The summed E-state index contributed by atoms with van der Waals surface area (Å²) in [5, 5.41) is 0. The third-order valence-electron chi connectivity index (χ3n) is 3.15. The van der Waals surface area contributed by atoms with Crippen molar-refractivity contribution in [3.8, 4) is 11.5 Å². The SMILES string of the molecule is C[Si](C)(C)CCOCn1cc(C(N)=O)nc1-c1ccccn1. The second-order valence-corrected chi connectivity index (χ2v) is 12.0. The number of hydrogen-bond donors (Lipinski definition) is 1. The van der Waals surface area contributed by atoms with Crippen molar-refractivity contribution in [1.82, 2.24) is 14.5 Å². The van der Waals surface area contributed by atoms with Crippen LogP contribution in [0.4, 0.5) is 0 Å². The summed E-state index contributed by atoms with van der Waals surface area (Å²) in [6, 6.07) is 6.63. The summed E-state index contributed by atoms with van der Waals surface area (Å²) in [6.07, 6.45) is 3.30. The van der Waals surface area contributed by atoms with Gasteiger partial charge in [0, 0.05) is 27.1 Å². The van der Waals surface area contributed by atoms with Gasteiger partial charge >= 0.3 is 0 Å². The molecule has 0 fully saturated rings. The van der Waals surface area contributed by atoms with Gasteiger partial charge in [0.05, 0.1) is 0 Å². The van der Waals surface area contributed by atoms with E-state index in [2.05, 4.69) is 29.6 Å². The molecule has 2 N–H and O–H groups in total. The summed E-state index contributed by atoms with van der Waals surface area (Å²) < 4.78 is 7.50. The van der Waals surface area contributed by atoms with Gasteiger partial charge in [0.1, 0.15) is 18.1 Å². The van der Waals surface area contributed by atoms with E-state index in [-0.39, 0.29) is 5.69 Å². The number of amides is 1. The van der Waals surface area contributed by atoms with Crippen LogP contribution in [0.3, 0.4) is 0 Å². The van der Waals surface area contributed by atoms with Crippen molar-refractivity contribution in [2.45, 2.75) is 32.4 Å². The third kappa shape index (κ3) is 4.50. The Morgan fingerprint density at radius 2 is 2.14 bits per heavy atom. The Morgan fingerprint density at radius 1 is 1.36 bits per heavy atom. The van der Waals surface area contributed by atoms with E-state index >= 15 is 0 Å². The normalized spacial score (nSPS) is 11.6. The predicted molar refractivity (Wildman–Crippen MR) is 88.1 cm³/mol. The van der Waals surface area contributed by atoms with Gasteiger partial charge in [-0.15, -0.1) is 0 Å². The zero-order valence-corrected chi connectivity index (χ0v) is 14.2. The lowest BCUT2D eigenvalue weighted by Crippen LogP contribution is -2.22. The minimum atomic E-state index is -1.12. The lowest BCUT2D eigenvalue weighted by molar-refractivity contribution is 0.0880. The smallest absolute Gasteiger partial charge is 0.268 e. The molecule has 118 valence electrons. The number of nitrogens with zero attached hydrogens (tertiary/aromatic N) is 3. The molecule has 0 radical (unpaired) electrons. The molecule has 2 heterocycles. The number of nitrogens with two attached hydrogens (primary N) is 1. The van der Waals surface area contributed by atoms with E-state index in [0.717, 1.165) is 6.04 Å². The molecule has 0 aliphatic heterocycles. The molecule has 0 spiro atoms. The molecule has 2 rings (SSSR count). The number of carbonyl (C=O) groups is 1. The summed E-state index contributed by atoms with van der Waals surface area (Å²) >= 11 is 0. The number of rotatable bonds is 7. The number of carbonyl (C=O) groups excluding carboxylic acids is 1. The highest BCUT2D eigenvalue weighted by Gasteiger charge is 2.15. The summed E-state index contributed by atoms with van der Waals surface area (Å²) in [6.45, 7) is 7.94. The first-order chi connectivity index (χ1) is 10.4. The number of pyridine rings is 1. The fourth-order valence-electron chi connectivity index (χ4n) is 1.87. The zero-order chi connectivity index (χ0) is 16.2. The number of aromatic nitrogens is 3. The van der Waals surface area contributed by atoms with Crippen LogP contribution in [0, 0.1) is 0 Å². The first-order valence-corrected chi connectivity index (χ1v) is 10.9. The third-order valence-corrected chi connectivity index (χ3v) is 4.85. The first-order valence-electron chi connectivity index (χ1n) is 7.23. The van der Waals surface area contributed by atoms with Crippen LogP contribution in [-0.2, 0) is 11.5 Å². The molecule has 0 saturated heterocycles. The maximum absolute atomic E-state index is 11.3. The lowest BCUT2D eigenvalue weighted by Gasteiger charge is -2.16. The molecule has 0 saturated carbocycles. The zero-order valence-electron chi connectivity index (χ0n) is 13.2. The van der Waals surface area contributed by atoms with Crippen molar-refractivity contribution in [3.05, 3.63) is 36.3 Å². The molecule has 7 heteroatoms. The number of ether oxygens (including phenoxy) is 1. The summed E-state index contributed by atoms with van der Waals surface area (Å²) in [7, 11) is -1.12. The lowest BCUT2D eigenvalue weighted by atomic mass is 10.3. The molecule has 0 unspecified atom stereocenters. The average molecular weight is 318 g/mol. The van der Waals surface area contributed by atoms with E-state index in [1.54, 1.807) is 17.0 Å². The van der Waals surface area contributed by atoms with E-state index in [9.17, 15) is 4.79 Å². The highest BCUT2D eigenvalue weighted by molar-refractivity contribution is 6.76. The van der Waals surface area contributed by atoms with Gasteiger partial charge in [0.15, 0.2) is 5.82 Å². The standard InChI is InChI=1S/C15H22N4O2Si/c1-22(2,3)9-8-21-11-19-10-13(14(16)20)18-15(19)12-6-4-5-7-17-12/h4-7,10H,8-9,11H2,1-3H3,(H2,16,20). The number of hydrogen-bond acceptors (Lipinski definition) is 4. The van der Waals surface area contributed by atoms with Crippen LogP contribution < -0.4 is 5.73 Å². The van der Waals surface area contributed by atoms with Gasteiger partial charge in [-0.2, -0.15) is 0 Å². The molecule has 22 heavy (non-hydrogen) atoms. The van der Waals surface area contributed by atoms with Crippen LogP contribution in [0.5, 0.6) is 0 Å². The Balaban J connectivity index is 2.14. The predicted octanol–water partition coefficient (Wildman–Crippen LogP) is 2.36. The summed E-state index contributed by atoms with van der Waals surface area (Å²) in [4.78, 5) is 19.9. The number of imidazole rings is 1. The van der Waals surface area contributed by atoms with Crippen LogP contribution in [0.2, 0.25) is 25.7 Å². The Bertz CT molecular complexity index is 635. The highest BCUT2D eigenvalue weighted by atomic mass is 28.3. The molecule has 0 aliphatic carbocycles. The van der Waals surface area contributed by atoms with Crippen molar-refractivity contribution in [2.24, 2.45) is 5.73 Å². The molecule has 2 aromatic heterocycles. The van der Waals surface area contributed by atoms with E-state index in [4.69, 9.17) is 10.5 Å². The van der Waals surface area contributed by atoms with Crippen molar-refractivity contribution in [1.29, 1.82) is 0 Å². The van der Waals surface area contributed by atoms with Crippen LogP contribution in [0.25, 0.3) is 11.5 Å². The molecule has 1 amide bonds. The average Bonchev–Trinajstić information content (AvgIpc) is 2.88. The van der Waals surface area contributed by atoms with Gasteiger partial charge in [-0.3, -0.25) is 9.78 Å². The van der Waals surface area contributed by atoms with E-state index < -0.39 is 14.0 Å². The molecule has 2 aromatic rings. The van der Waals surface area contributed by atoms with Crippen LogP contribution in [-0.4, -0.2) is 35.1 Å². The summed E-state index contributed by atoms with van der Waals surface area (Å²) in [5.74, 6) is 0.0282. The maximum Gasteiger partial charge on any atom is 0.268 e. The topological polar surface area (TPSA) is 83.0 Å². The van der Waals surface area contributed by atoms with Gasteiger partial charge in [-0.25, -0.2) is 4.98 Å². The van der Waals surface area contributed by atoms with Gasteiger partial charge in [-0.1, -0.05) is 25.7 Å². The second kappa shape index (κ2) is 6.84. The van der Waals surface area contributed by atoms with Gasteiger partial charge in [0.25, 0.3) is 5.91 Å². The van der Waals surface area contributed by atoms with Gasteiger partial charge in [-0.05, 0) is 18.2 Å². The molecule has 0 bridgehead atoms. The monoisotopic (exact) mass is 318 g/mol. The van der Waals surface area contributed by atoms with E-state index in [0.29, 0.717) is 24.9 Å². The molecular weight excluding hydrogens is 296 g/mol. The first kappa shape index (κ1) is 16.4. The highest BCUT2D eigenvalue weighted by Crippen LogP contribution is 2.17.